The number of halogens is 1. The first-order chi connectivity index (χ1) is 12.1. The van der Waals surface area contributed by atoms with E-state index in [-0.39, 0.29) is 5.91 Å². The number of ether oxygens (including phenoxy) is 1. The summed E-state index contributed by atoms with van der Waals surface area (Å²) in [7, 11) is 1.33. The number of esters is 1. The SMILES string of the molecule is COC(=O)c1ccc(N=C2NC(=O)/C(=C\c3ccccc3Cl)S2)cc1. The predicted molar refractivity (Wildman–Crippen MR) is 100 cm³/mol. The second kappa shape index (κ2) is 7.55. The minimum absolute atomic E-state index is 0.227. The van der Waals surface area contributed by atoms with Crippen LogP contribution in [0.1, 0.15) is 15.9 Å². The number of hydrogen-bond donors (Lipinski definition) is 1. The van der Waals surface area contributed by atoms with Gasteiger partial charge in [0.2, 0.25) is 0 Å². The topological polar surface area (TPSA) is 67.8 Å². The van der Waals surface area contributed by atoms with Crippen molar-refractivity contribution in [2.75, 3.05) is 7.11 Å². The fraction of sp³-hybridized carbons (Fsp3) is 0.0556. The largest absolute Gasteiger partial charge is 0.465 e. The molecular weight excluding hydrogens is 360 g/mol. The van der Waals surface area contributed by atoms with Crippen molar-refractivity contribution in [1.29, 1.82) is 0 Å². The van der Waals surface area contributed by atoms with E-state index in [4.69, 9.17) is 11.6 Å². The molecule has 1 fully saturated rings. The van der Waals surface area contributed by atoms with Crippen LogP contribution in [0.3, 0.4) is 0 Å². The quantitative estimate of drug-likeness (QED) is 0.652. The number of hydrogen-bond acceptors (Lipinski definition) is 5. The molecule has 0 saturated carbocycles. The van der Waals surface area contributed by atoms with Gasteiger partial charge >= 0.3 is 5.97 Å². The molecule has 5 nitrogen and oxygen atoms in total. The highest BCUT2D eigenvalue weighted by molar-refractivity contribution is 8.18. The van der Waals surface area contributed by atoms with Crippen molar-refractivity contribution < 1.29 is 14.3 Å². The van der Waals surface area contributed by atoms with Gasteiger partial charge in [-0.05, 0) is 53.7 Å². The number of carbonyl (C=O) groups excluding carboxylic acids is 2. The van der Waals surface area contributed by atoms with Crippen molar-refractivity contribution in [3.8, 4) is 0 Å². The zero-order valence-corrected chi connectivity index (χ0v) is 14.7. The third-order valence-electron chi connectivity index (χ3n) is 3.36. The molecule has 25 heavy (non-hydrogen) atoms. The summed E-state index contributed by atoms with van der Waals surface area (Å²) in [5.74, 6) is -0.637. The standard InChI is InChI=1S/C18H13ClN2O3S/c1-24-17(23)11-6-8-13(9-7-11)20-18-21-16(22)15(25-18)10-12-4-2-3-5-14(12)19/h2-10H,1H3,(H,20,21,22)/b15-10+. The lowest BCUT2D eigenvalue weighted by atomic mass is 10.2. The summed E-state index contributed by atoms with van der Waals surface area (Å²) in [6.07, 6.45) is 1.73. The van der Waals surface area contributed by atoms with Crippen molar-refractivity contribution >= 4 is 52.2 Å². The first kappa shape index (κ1) is 17.3. The Bertz CT molecular complexity index is 891. The summed E-state index contributed by atoms with van der Waals surface area (Å²) in [6.45, 7) is 0. The van der Waals surface area contributed by atoms with Crippen molar-refractivity contribution in [2.24, 2.45) is 4.99 Å². The fourth-order valence-electron chi connectivity index (χ4n) is 2.12. The number of aliphatic imine (C=N–C) groups is 1. The van der Waals surface area contributed by atoms with Crippen LogP contribution in [0.25, 0.3) is 6.08 Å². The van der Waals surface area contributed by atoms with Crippen LogP contribution in [0, 0.1) is 0 Å². The van der Waals surface area contributed by atoms with Crippen molar-refractivity contribution in [1.82, 2.24) is 5.32 Å². The number of amides is 1. The summed E-state index contributed by atoms with van der Waals surface area (Å²) >= 11 is 7.35. The Morgan fingerprint density at radius 2 is 1.92 bits per heavy atom. The Kier molecular flexibility index (Phi) is 5.21. The lowest BCUT2D eigenvalue weighted by molar-refractivity contribution is -0.115. The molecule has 1 N–H and O–H groups in total. The molecule has 126 valence electrons. The van der Waals surface area contributed by atoms with Crippen molar-refractivity contribution in [3.63, 3.8) is 0 Å². The predicted octanol–water partition coefficient (Wildman–Crippen LogP) is 4.02. The normalized spacial score (nSPS) is 17.0. The molecule has 1 heterocycles. The van der Waals surface area contributed by atoms with Gasteiger partial charge in [0.05, 0.1) is 23.3 Å². The molecule has 1 aliphatic heterocycles. The number of thioether (sulfide) groups is 1. The third kappa shape index (κ3) is 4.10. The maximum Gasteiger partial charge on any atom is 0.337 e. The molecule has 0 atom stereocenters. The van der Waals surface area contributed by atoms with E-state index in [1.165, 1.54) is 18.9 Å². The molecule has 3 rings (SSSR count). The van der Waals surface area contributed by atoms with E-state index in [0.717, 1.165) is 5.56 Å². The molecule has 0 aromatic heterocycles. The number of methoxy groups -OCH3 is 1. The molecule has 0 bridgehead atoms. The number of amidine groups is 1. The third-order valence-corrected chi connectivity index (χ3v) is 4.62. The van der Waals surface area contributed by atoms with Gasteiger partial charge < -0.3 is 10.1 Å². The zero-order chi connectivity index (χ0) is 17.8. The second-order valence-electron chi connectivity index (χ2n) is 5.04. The number of nitrogens with one attached hydrogen (secondary N) is 1. The van der Waals surface area contributed by atoms with Crippen molar-refractivity contribution in [2.45, 2.75) is 0 Å². The fourth-order valence-corrected chi connectivity index (χ4v) is 3.14. The molecule has 0 radical (unpaired) electrons. The lowest BCUT2D eigenvalue weighted by Gasteiger charge is -2.00. The average molecular weight is 373 g/mol. The Balaban J connectivity index is 1.79. The summed E-state index contributed by atoms with van der Waals surface area (Å²) in [4.78, 5) is 28.4. The summed E-state index contributed by atoms with van der Waals surface area (Å²) < 4.78 is 4.65. The zero-order valence-electron chi connectivity index (χ0n) is 13.2. The van der Waals surface area contributed by atoms with Crippen LogP contribution in [0.4, 0.5) is 5.69 Å². The van der Waals surface area contributed by atoms with Crippen LogP contribution >= 0.6 is 23.4 Å². The van der Waals surface area contributed by atoms with Crippen LogP contribution in [0.2, 0.25) is 5.02 Å². The van der Waals surface area contributed by atoms with Crippen LogP contribution in [-0.2, 0) is 9.53 Å². The molecule has 2 aromatic carbocycles. The van der Waals surface area contributed by atoms with E-state index < -0.39 is 5.97 Å². The van der Waals surface area contributed by atoms with Gasteiger partial charge in [0.25, 0.3) is 5.91 Å². The van der Waals surface area contributed by atoms with Crippen LogP contribution < -0.4 is 5.32 Å². The molecule has 0 unspecified atom stereocenters. The smallest absolute Gasteiger partial charge is 0.337 e. The van der Waals surface area contributed by atoms with E-state index in [2.05, 4.69) is 15.0 Å². The van der Waals surface area contributed by atoms with E-state index in [9.17, 15) is 9.59 Å². The van der Waals surface area contributed by atoms with E-state index in [1.807, 2.05) is 18.2 Å². The Hall–Kier alpha value is -2.57. The maximum absolute atomic E-state index is 12.1. The molecule has 1 saturated heterocycles. The lowest BCUT2D eigenvalue weighted by Crippen LogP contribution is -2.19. The first-order valence-electron chi connectivity index (χ1n) is 7.29. The van der Waals surface area contributed by atoms with Gasteiger partial charge in [-0.15, -0.1) is 0 Å². The van der Waals surface area contributed by atoms with E-state index in [1.54, 1.807) is 36.4 Å². The van der Waals surface area contributed by atoms with Crippen LogP contribution in [-0.4, -0.2) is 24.2 Å². The van der Waals surface area contributed by atoms with E-state index in [0.29, 0.717) is 26.3 Å². The Labute approximate surface area is 153 Å². The van der Waals surface area contributed by atoms with Crippen molar-refractivity contribution in [3.05, 3.63) is 69.6 Å². The maximum atomic E-state index is 12.1. The highest BCUT2D eigenvalue weighted by atomic mass is 35.5. The number of carbonyl (C=O) groups is 2. The molecule has 0 aliphatic carbocycles. The van der Waals surface area contributed by atoms with Gasteiger partial charge in [0.15, 0.2) is 5.17 Å². The Morgan fingerprint density at radius 1 is 1.20 bits per heavy atom. The van der Waals surface area contributed by atoms with Gasteiger partial charge in [-0.3, -0.25) is 4.79 Å². The molecule has 2 aromatic rings. The minimum Gasteiger partial charge on any atom is -0.465 e. The highest BCUT2D eigenvalue weighted by Crippen LogP contribution is 2.29. The summed E-state index contributed by atoms with van der Waals surface area (Å²) in [6, 6.07) is 13.9. The van der Waals surface area contributed by atoms with Gasteiger partial charge in [-0.2, -0.15) is 0 Å². The van der Waals surface area contributed by atoms with Gasteiger partial charge in [0, 0.05) is 5.02 Å². The van der Waals surface area contributed by atoms with Crippen LogP contribution in [0.5, 0.6) is 0 Å². The van der Waals surface area contributed by atoms with Gasteiger partial charge in [0.1, 0.15) is 0 Å². The number of rotatable bonds is 3. The molecule has 1 aliphatic rings. The summed E-state index contributed by atoms with van der Waals surface area (Å²) in [5.41, 5.74) is 1.83. The minimum atomic E-state index is -0.410. The van der Waals surface area contributed by atoms with Gasteiger partial charge in [-0.1, -0.05) is 29.8 Å². The molecule has 7 heteroatoms. The monoisotopic (exact) mass is 372 g/mol. The van der Waals surface area contributed by atoms with Crippen LogP contribution in [0.15, 0.2) is 58.4 Å². The average Bonchev–Trinajstić information content (AvgIpc) is 2.96. The number of benzene rings is 2. The molecule has 0 spiro atoms. The Morgan fingerprint density at radius 3 is 2.60 bits per heavy atom. The van der Waals surface area contributed by atoms with Gasteiger partial charge in [-0.25, -0.2) is 9.79 Å². The second-order valence-corrected chi connectivity index (χ2v) is 6.48. The number of nitrogens with zero attached hydrogens (tertiary/aromatic N) is 1. The highest BCUT2D eigenvalue weighted by Gasteiger charge is 2.24. The summed E-state index contributed by atoms with van der Waals surface area (Å²) in [5, 5.41) is 3.75. The molecular formula is C18H13ClN2O3S. The first-order valence-corrected chi connectivity index (χ1v) is 8.49. The van der Waals surface area contributed by atoms with E-state index >= 15 is 0 Å². The molecule has 1 amide bonds.